The van der Waals surface area contributed by atoms with Crippen LogP contribution >= 0.6 is 11.6 Å². The van der Waals surface area contributed by atoms with Gasteiger partial charge in [-0.2, -0.15) is 4.72 Å². The van der Waals surface area contributed by atoms with Gasteiger partial charge in [-0.1, -0.05) is 12.1 Å². The topological polar surface area (TPSA) is 72.5 Å². The molecule has 18 heavy (non-hydrogen) atoms. The van der Waals surface area contributed by atoms with E-state index in [1.807, 2.05) is 0 Å². The third kappa shape index (κ3) is 4.29. The van der Waals surface area contributed by atoms with Crippen molar-refractivity contribution in [3.05, 3.63) is 29.8 Å². The van der Waals surface area contributed by atoms with Gasteiger partial charge in [0.25, 0.3) is 0 Å². The van der Waals surface area contributed by atoms with E-state index in [-0.39, 0.29) is 11.4 Å². The standard InChI is InChI=1S/C11H14ClNO4S/c1-17-11(14)8-13-18(15,16)10-4-2-9(3-5-10)6-7-12/h2-5,13H,6-8H2,1H3. The number of nitrogens with one attached hydrogen (secondary N) is 1. The highest BCUT2D eigenvalue weighted by Crippen LogP contribution is 2.11. The van der Waals surface area contributed by atoms with Gasteiger partial charge < -0.3 is 4.74 Å². The van der Waals surface area contributed by atoms with Crippen LogP contribution in [0.2, 0.25) is 0 Å². The van der Waals surface area contributed by atoms with Crippen molar-refractivity contribution >= 4 is 27.6 Å². The summed E-state index contributed by atoms with van der Waals surface area (Å²) in [4.78, 5) is 11.0. The summed E-state index contributed by atoms with van der Waals surface area (Å²) in [6.45, 7) is -0.387. The number of hydrogen-bond acceptors (Lipinski definition) is 4. The van der Waals surface area contributed by atoms with Crippen LogP contribution in [0.15, 0.2) is 29.2 Å². The number of benzene rings is 1. The number of rotatable bonds is 6. The fraction of sp³-hybridized carbons (Fsp3) is 0.364. The average Bonchev–Trinajstić information content (AvgIpc) is 2.37. The van der Waals surface area contributed by atoms with Crippen molar-refractivity contribution in [2.24, 2.45) is 0 Å². The van der Waals surface area contributed by atoms with Crippen molar-refractivity contribution in [2.75, 3.05) is 19.5 Å². The van der Waals surface area contributed by atoms with Crippen LogP contribution in [0.1, 0.15) is 5.56 Å². The molecule has 0 spiro atoms. The number of halogens is 1. The highest BCUT2D eigenvalue weighted by atomic mass is 35.5. The van der Waals surface area contributed by atoms with Gasteiger partial charge in [-0.25, -0.2) is 8.42 Å². The van der Waals surface area contributed by atoms with E-state index >= 15 is 0 Å². The quantitative estimate of drug-likeness (QED) is 0.625. The fourth-order valence-corrected chi connectivity index (χ4v) is 2.44. The van der Waals surface area contributed by atoms with Gasteiger partial charge in [-0.3, -0.25) is 4.79 Å². The zero-order chi connectivity index (χ0) is 13.6. The van der Waals surface area contributed by atoms with Gasteiger partial charge in [0.1, 0.15) is 6.54 Å². The first-order chi connectivity index (χ1) is 8.49. The van der Waals surface area contributed by atoms with Crippen molar-refractivity contribution in [1.29, 1.82) is 0 Å². The normalized spacial score (nSPS) is 11.2. The minimum Gasteiger partial charge on any atom is -0.468 e. The zero-order valence-corrected chi connectivity index (χ0v) is 11.4. The minimum absolute atomic E-state index is 0.102. The number of esters is 1. The highest BCUT2D eigenvalue weighted by molar-refractivity contribution is 7.89. The summed E-state index contributed by atoms with van der Waals surface area (Å²) in [6, 6.07) is 6.33. The third-order valence-corrected chi connectivity index (χ3v) is 3.86. The lowest BCUT2D eigenvalue weighted by atomic mass is 10.2. The zero-order valence-electron chi connectivity index (χ0n) is 9.85. The molecule has 0 aliphatic heterocycles. The maximum absolute atomic E-state index is 11.8. The number of methoxy groups -OCH3 is 1. The summed E-state index contributed by atoms with van der Waals surface area (Å²) in [5, 5.41) is 0. The molecule has 1 rings (SSSR count). The summed E-state index contributed by atoms with van der Waals surface area (Å²) < 4.78 is 30.1. The van der Waals surface area contributed by atoms with Crippen molar-refractivity contribution < 1.29 is 17.9 Å². The molecule has 1 N–H and O–H groups in total. The molecule has 0 atom stereocenters. The molecule has 0 heterocycles. The van der Waals surface area contributed by atoms with E-state index in [2.05, 4.69) is 9.46 Å². The molecule has 0 aromatic heterocycles. The van der Waals surface area contributed by atoms with Crippen LogP contribution in [-0.4, -0.2) is 33.9 Å². The van der Waals surface area contributed by atoms with Gasteiger partial charge in [-0.15, -0.1) is 11.6 Å². The van der Waals surface area contributed by atoms with Gasteiger partial charge in [0, 0.05) is 5.88 Å². The molecule has 7 heteroatoms. The van der Waals surface area contributed by atoms with E-state index in [0.29, 0.717) is 12.3 Å². The maximum Gasteiger partial charge on any atom is 0.320 e. The molecule has 1 aromatic rings. The number of alkyl halides is 1. The SMILES string of the molecule is COC(=O)CNS(=O)(=O)c1ccc(CCCl)cc1. The Morgan fingerprint density at radius 1 is 1.33 bits per heavy atom. The molecule has 0 saturated heterocycles. The predicted molar refractivity (Wildman–Crippen MR) is 68.1 cm³/mol. The molecule has 0 bridgehead atoms. The van der Waals surface area contributed by atoms with E-state index in [9.17, 15) is 13.2 Å². The smallest absolute Gasteiger partial charge is 0.320 e. The van der Waals surface area contributed by atoms with Crippen molar-refractivity contribution in [2.45, 2.75) is 11.3 Å². The summed E-state index contributed by atoms with van der Waals surface area (Å²) in [5.41, 5.74) is 0.955. The number of ether oxygens (including phenoxy) is 1. The van der Waals surface area contributed by atoms with E-state index < -0.39 is 16.0 Å². The molecule has 0 fully saturated rings. The molecule has 0 aliphatic carbocycles. The minimum atomic E-state index is -3.68. The first-order valence-electron chi connectivity index (χ1n) is 5.21. The second-order valence-corrected chi connectivity index (χ2v) is 5.63. The van der Waals surface area contributed by atoms with Crippen LogP contribution in [0, 0.1) is 0 Å². The van der Waals surface area contributed by atoms with Crippen LogP contribution in [0.25, 0.3) is 0 Å². The van der Waals surface area contributed by atoms with Crippen molar-refractivity contribution in [3.8, 4) is 0 Å². The molecule has 100 valence electrons. The van der Waals surface area contributed by atoms with Crippen LogP contribution in [-0.2, 0) is 26.0 Å². The molecule has 1 aromatic carbocycles. The third-order valence-electron chi connectivity index (χ3n) is 2.25. The number of carbonyl (C=O) groups excluding carboxylic acids is 1. The van der Waals surface area contributed by atoms with Gasteiger partial charge in [0.2, 0.25) is 10.0 Å². The number of hydrogen-bond donors (Lipinski definition) is 1. The Kier molecular flexibility index (Phi) is 5.58. The number of sulfonamides is 1. The summed E-state index contributed by atoms with van der Waals surface area (Å²) in [5.74, 6) is -0.162. The van der Waals surface area contributed by atoms with Gasteiger partial charge in [0.15, 0.2) is 0 Å². The molecule has 0 radical (unpaired) electrons. The van der Waals surface area contributed by atoms with E-state index in [0.717, 1.165) is 5.56 Å². The van der Waals surface area contributed by atoms with Crippen LogP contribution in [0.3, 0.4) is 0 Å². The second kappa shape index (κ2) is 6.72. The summed E-state index contributed by atoms with van der Waals surface area (Å²) in [7, 11) is -2.49. The molecule has 0 saturated carbocycles. The van der Waals surface area contributed by atoms with Crippen LogP contribution in [0.4, 0.5) is 0 Å². The van der Waals surface area contributed by atoms with Crippen LogP contribution in [0.5, 0.6) is 0 Å². The molecular weight excluding hydrogens is 278 g/mol. The Balaban J connectivity index is 2.75. The molecule has 0 unspecified atom stereocenters. The van der Waals surface area contributed by atoms with Gasteiger partial charge in [0.05, 0.1) is 12.0 Å². The Morgan fingerprint density at radius 2 is 1.94 bits per heavy atom. The van der Waals surface area contributed by atoms with E-state index in [4.69, 9.17) is 11.6 Å². The maximum atomic E-state index is 11.8. The Hall–Kier alpha value is -1.11. The summed E-state index contributed by atoms with van der Waals surface area (Å²) >= 11 is 5.58. The van der Waals surface area contributed by atoms with Gasteiger partial charge in [-0.05, 0) is 24.1 Å². The first kappa shape index (κ1) is 14.9. The Labute approximate surface area is 111 Å². The summed E-state index contributed by atoms with van der Waals surface area (Å²) in [6.07, 6.45) is 0.678. The number of carbonyl (C=O) groups is 1. The average molecular weight is 292 g/mol. The fourth-order valence-electron chi connectivity index (χ4n) is 1.25. The van der Waals surface area contributed by atoms with E-state index in [1.54, 1.807) is 12.1 Å². The second-order valence-electron chi connectivity index (χ2n) is 3.48. The van der Waals surface area contributed by atoms with Crippen molar-refractivity contribution in [3.63, 3.8) is 0 Å². The number of aryl methyl sites for hydroxylation is 1. The largest absolute Gasteiger partial charge is 0.468 e. The first-order valence-corrected chi connectivity index (χ1v) is 7.23. The van der Waals surface area contributed by atoms with E-state index in [1.165, 1.54) is 19.2 Å². The Bertz CT molecular complexity index is 498. The van der Waals surface area contributed by atoms with Crippen molar-refractivity contribution in [1.82, 2.24) is 4.72 Å². The molecule has 0 amide bonds. The highest BCUT2D eigenvalue weighted by Gasteiger charge is 2.15. The monoisotopic (exact) mass is 291 g/mol. The molecule has 0 aliphatic rings. The van der Waals surface area contributed by atoms with Gasteiger partial charge >= 0.3 is 5.97 Å². The Morgan fingerprint density at radius 3 is 2.44 bits per heavy atom. The lowest BCUT2D eigenvalue weighted by Crippen LogP contribution is -2.30. The lowest BCUT2D eigenvalue weighted by Gasteiger charge is -2.06. The molecular formula is C11H14ClNO4S. The van der Waals surface area contributed by atoms with Crippen LogP contribution < -0.4 is 4.72 Å². The predicted octanol–water partition coefficient (Wildman–Crippen LogP) is 0.919. The molecule has 5 nitrogen and oxygen atoms in total. The lowest BCUT2D eigenvalue weighted by molar-refractivity contribution is -0.139.